The van der Waals surface area contributed by atoms with Crippen LogP contribution in [-0.2, 0) is 0 Å². The molecule has 0 radical (unpaired) electrons. The van der Waals surface area contributed by atoms with Crippen LogP contribution in [0.25, 0.3) is 0 Å². The summed E-state index contributed by atoms with van der Waals surface area (Å²) in [5, 5.41) is 0. The van der Waals surface area contributed by atoms with E-state index in [-0.39, 0.29) is 0 Å². The van der Waals surface area contributed by atoms with Gasteiger partial charge in [-0.1, -0.05) is 52.2 Å². The van der Waals surface area contributed by atoms with E-state index < -0.39 is 0 Å². The number of hydrogen-bond donors (Lipinski definition) is 0. The summed E-state index contributed by atoms with van der Waals surface area (Å²) in [5.74, 6) is 0.774. The van der Waals surface area contributed by atoms with Crippen LogP contribution in [0, 0.1) is 5.92 Å². The van der Waals surface area contributed by atoms with E-state index in [4.69, 9.17) is 0 Å². The summed E-state index contributed by atoms with van der Waals surface area (Å²) >= 11 is 0. The first-order valence-electron chi connectivity index (χ1n) is 5.79. The number of hydrogen-bond acceptors (Lipinski definition) is 1. The summed E-state index contributed by atoms with van der Waals surface area (Å²) in [6.07, 6.45) is 7.02. The minimum absolute atomic E-state index is 0.774. The molecular formula is C14H25N. The van der Waals surface area contributed by atoms with Crippen LogP contribution in [0.5, 0.6) is 0 Å². The molecule has 0 spiro atoms. The van der Waals surface area contributed by atoms with Gasteiger partial charge in [0.25, 0.3) is 0 Å². The van der Waals surface area contributed by atoms with Crippen LogP contribution in [0.3, 0.4) is 0 Å². The average molecular weight is 207 g/mol. The quantitative estimate of drug-likeness (QED) is 0.549. The minimum Gasteiger partial charge on any atom is -0.299 e. The topological polar surface area (TPSA) is 3.24 Å². The lowest BCUT2D eigenvalue weighted by Gasteiger charge is -2.21. The summed E-state index contributed by atoms with van der Waals surface area (Å²) in [4.78, 5) is 2.43. The van der Waals surface area contributed by atoms with Crippen LogP contribution in [0.2, 0.25) is 0 Å². The Balaban J connectivity index is 3.92. The van der Waals surface area contributed by atoms with E-state index in [0.29, 0.717) is 0 Å². The zero-order chi connectivity index (χ0) is 11.7. The molecule has 0 heterocycles. The van der Waals surface area contributed by atoms with Gasteiger partial charge in [-0.2, -0.15) is 0 Å². The first-order chi connectivity index (χ1) is 7.10. The van der Waals surface area contributed by atoms with Gasteiger partial charge in [0.15, 0.2) is 0 Å². The Morgan fingerprint density at radius 3 is 2.53 bits per heavy atom. The molecule has 0 saturated heterocycles. The highest BCUT2D eigenvalue weighted by Crippen LogP contribution is 2.04. The molecule has 0 fully saturated rings. The Bertz CT molecular complexity index is 213. The fourth-order valence-electron chi connectivity index (χ4n) is 1.33. The normalized spacial score (nSPS) is 11.5. The zero-order valence-corrected chi connectivity index (χ0v) is 10.5. The van der Waals surface area contributed by atoms with Gasteiger partial charge in [0.1, 0.15) is 0 Å². The van der Waals surface area contributed by atoms with Crippen LogP contribution in [-0.4, -0.2) is 24.5 Å². The highest BCUT2D eigenvalue weighted by atomic mass is 15.1. The van der Waals surface area contributed by atoms with Crippen LogP contribution < -0.4 is 0 Å². The van der Waals surface area contributed by atoms with Crippen molar-refractivity contribution in [1.29, 1.82) is 0 Å². The molecule has 0 aromatic heterocycles. The Hall–Kier alpha value is -0.820. The van der Waals surface area contributed by atoms with Crippen molar-refractivity contribution in [2.45, 2.75) is 27.2 Å². The first kappa shape index (κ1) is 14.2. The van der Waals surface area contributed by atoms with Crippen molar-refractivity contribution in [3.63, 3.8) is 0 Å². The largest absolute Gasteiger partial charge is 0.299 e. The van der Waals surface area contributed by atoms with E-state index in [0.717, 1.165) is 31.1 Å². The highest BCUT2D eigenvalue weighted by Gasteiger charge is 2.03. The second-order valence-electron chi connectivity index (χ2n) is 4.30. The van der Waals surface area contributed by atoms with Gasteiger partial charge in [0, 0.05) is 6.54 Å². The van der Waals surface area contributed by atoms with E-state index in [2.05, 4.69) is 38.8 Å². The lowest BCUT2D eigenvalue weighted by Crippen LogP contribution is -2.27. The molecule has 0 rings (SSSR count). The lowest BCUT2D eigenvalue weighted by atomic mass is 10.1. The number of likely N-dealkylation sites (N-methyl/N-ethyl adjacent to an activating group) is 1. The molecule has 0 aromatic rings. The minimum atomic E-state index is 0.774. The smallest absolute Gasteiger partial charge is 0.0227 e. The lowest BCUT2D eigenvalue weighted by molar-refractivity contribution is 0.293. The van der Waals surface area contributed by atoms with Gasteiger partial charge in [-0.3, -0.25) is 4.90 Å². The summed E-state index contributed by atoms with van der Waals surface area (Å²) in [6, 6.07) is 0. The van der Waals surface area contributed by atoms with E-state index >= 15 is 0 Å². The van der Waals surface area contributed by atoms with E-state index in [1.54, 1.807) is 6.08 Å². The Labute approximate surface area is 95.2 Å². The molecule has 0 aromatic carbocycles. The van der Waals surface area contributed by atoms with Gasteiger partial charge in [-0.25, -0.2) is 0 Å². The maximum Gasteiger partial charge on any atom is 0.0227 e. The van der Waals surface area contributed by atoms with Crippen LogP contribution >= 0.6 is 0 Å². The predicted molar refractivity (Wildman–Crippen MR) is 70.0 cm³/mol. The third-order valence-corrected chi connectivity index (χ3v) is 2.36. The van der Waals surface area contributed by atoms with Crippen molar-refractivity contribution < 1.29 is 0 Å². The van der Waals surface area contributed by atoms with Gasteiger partial charge in [0.05, 0.1) is 0 Å². The fourth-order valence-corrected chi connectivity index (χ4v) is 1.33. The molecular weight excluding hydrogens is 182 g/mol. The molecule has 15 heavy (non-hydrogen) atoms. The van der Waals surface area contributed by atoms with Gasteiger partial charge in [-0.05, 0) is 31.0 Å². The standard InChI is InChI=1S/C14H25N/c1-6-8-9-14(5)12-15(7-2)11-10-13(3)4/h6,8-9,13H,1,5,7,10-12H2,2-4H3/b9-8-. The summed E-state index contributed by atoms with van der Waals surface area (Å²) in [6.45, 7) is 17.6. The van der Waals surface area contributed by atoms with Crippen molar-refractivity contribution in [2.24, 2.45) is 5.92 Å². The fraction of sp³-hybridized carbons (Fsp3) is 0.571. The molecule has 0 aliphatic heterocycles. The Morgan fingerprint density at radius 1 is 1.40 bits per heavy atom. The highest BCUT2D eigenvalue weighted by molar-refractivity contribution is 5.19. The average Bonchev–Trinajstić information content (AvgIpc) is 2.20. The van der Waals surface area contributed by atoms with Gasteiger partial charge in [0.2, 0.25) is 0 Å². The summed E-state index contributed by atoms with van der Waals surface area (Å²) < 4.78 is 0. The second-order valence-corrected chi connectivity index (χ2v) is 4.30. The third-order valence-electron chi connectivity index (χ3n) is 2.36. The van der Waals surface area contributed by atoms with Crippen LogP contribution in [0.4, 0.5) is 0 Å². The molecule has 0 N–H and O–H groups in total. The molecule has 86 valence electrons. The molecule has 0 bridgehead atoms. The SMILES string of the molecule is C=C/C=C\C(=C)CN(CC)CCC(C)C. The van der Waals surface area contributed by atoms with Gasteiger partial charge < -0.3 is 0 Å². The molecule has 0 amide bonds. The predicted octanol–water partition coefficient (Wildman–Crippen LogP) is 3.65. The maximum atomic E-state index is 4.03. The summed E-state index contributed by atoms with van der Waals surface area (Å²) in [5.41, 5.74) is 1.15. The second kappa shape index (κ2) is 8.49. The zero-order valence-electron chi connectivity index (χ0n) is 10.5. The van der Waals surface area contributed by atoms with E-state index in [9.17, 15) is 0 Å². The maximum absolute atomic E-state index is 4.03. The number of nitrogens with zero attached hydrogens (tertiary/aromatic N) is 1. The molecule has 0 aliphatic carbocycles. The third kappa shape index (κ3) is 8.19. The van der Waals surface area contributed by atoms with Crippen LogP contribution in [0.15, 0.2) is 37.0 Å². The monoisotopic (exact) mass is 207 g/mol. The van der Waals surface area contributed by atoms with Crippen molar-refractivity contribution in [3.8, 4) is 0 Å². The van der Waals surface area contributed by atoms with E-state index in [1.807, 2.05) is 12.2 Å². The van der Waals surface area contributed by atoms with Crippen LogP contribution in [0.1, 0.15) is 27.2 Å². The number of allylic oxidation sites excluding steroid dienone is 2. The molecule has 0 saturated carbocycles. The molecule has 1 nitrogen and oxygen atoms in total. The molecule has 0 atom stereocenters. The Morgan fingerprint density at radius 2 is 2.07 bits per heavy atom. The molecule has 0 aliphatic rings. The van der Waals surface area contributed by atoms with Gasteiger partial charge in [-0.15, -0.1) is 0 Å². The first-order valence-corrected chi connectivity index (χ1v) is 5.79. The van der Waals surface area contributed by atoms with Gasteiger partial charge >= 0.3 is 0 Å². The van der Waals surface area contributed by atoms with Crippen molar-refractivity contribution in [3.05, 3.63) is 37.0 Å². The molecule has 0 unspecified atom stereocenters. The summed E-state index contributed by atoms with van der Waals surface area (Å²) in [7, 11) is 0. The van der Waals surface area contributed by atoms with Crippen molar-refractivity contribution >= 4 is 0 Å². The van der Waals surface area contributed by atoms with Crippen molar-refractivity contribution in [1.82, 2.24) is 4.90 Å². The van der Waals surface area contributed by atoms with Crippen molar-refractivity contribution in [2.75, 3.05) is 19.6 Å². The molecule has 1 heteroatoms. The van der Waals surface area contributed by atoms with E-state index in [1.165, 1.54) is 6.42 Å². The Kier molecular flexibility index (Phi) is 8.02. The number of rotatable bonds is 8.